The molecule has 0 saturated carbocycles. The van der Waals surface area contributed by atoms with Gasteiger partial charge in [-0.2, -0.15) is 0 Å². The van der Waals surface area contributed by atoms with Crippen LogP contribution in [0.5, 0.6) is 0 Å². The predicted molar refractivity (Wildman–Crippen MR) is 103 cm³/mol. The SMILES string of the molecule is CCCCCCCCCCc1ccnc2c1ccc1cccnc12. The molecule has 2 heterocycles. The van der Waals surface area contributed by atoms with Crippen LogP contribution in [0.25, 0.3) is 21.8 Å². The predicted octanol–water partition coefficient (Wildman–Crippen LogP) is 6.47. The Hall–Kier alpha value is -1.96. The van der Waals surface area contributed by atoms with Gasteiger partial charge in [-0.1, -0.05) is 70.1 Å². The van der Waals surface area contributed by atoms with Crippen LogP contribution >= 0.6 is 0 Å². The Morgan fingerprint density at radius 2 is 1.46 bits per heavy atom. The van der Waals surface area contributed by atoms with Crippen LogP contribution in [0.15, 0.2) is 42.7 Å². The van der Waals surface area contributed by atoms with Gasteiger partial charge >= 0.3 is 0 Å². The van der Waals surface area contributed by atoms with Crippen LogP contribution in [0.1, 0.15) is 63.9 Å². The summed E-state index contributed by atoms with van der Waals surface area (Å²) in [7, 11) is 0. The zero-order valence-electron chi connectivity index (χ0n) is 14.8. The van der Waals surface area contributed by atoms with E-state index in [1.807, 2.05) is 18.5 Å². The molecule has 0 unspecified atom stereocenters. The fraction of sp³-hybridized carbons (Fsp3) is 0.455. The zero-order chi connectivity index (χ0) is 16.6. The number of hydrogen-bond donors (Lipinski definition) is 0. The first kappa shape index (κ1) is 16.9. The summed E-state index contributed by atoms with van der Waals surface area (Å²) in [5.41, 5.74) is 3.48. The molecule has 0 aliphatic heterocycles. The van der Waals surface area contributed by atoms with Gasteiger partial charge < -0.3 is 0 Å². The van der Waals surface area contributed by atoms with E-state index in [0.29, 0.717) is 0 Å². The molecule has 0 saturated heterocycles. The lowest BCUT2D eigenvalue weighted by Crippen LogP contribution is -1.92. The van der Waals surface area contributed by atoms with E-state index < -0.39 is 0 Å². The normalized spacial score (nSPS) is 11.4. The third kappa shape index (κ3) is 4.11. The van der Waals surface area contributed by atoms with Crippen LogP contribution in [-0.2, 0) is 6.42 Å². The first-order valence-electron chi connectivity index (χ1n) is 9.51. The fourth-order valence-corrected chi connectivity index (χ4v) is 3.48. The summed E-state index contributed by atoms with van der Waals surface area (Å²) in [5.74, 6) is 0. The topological polar surface area (TPSA) is 25.8 Å². The van der Waals surface area contributed by atoms with E-state index in [1.165, 1.54) is 67.7 Å². The maximum absolute atomic E-state index is 4.59. The Bertz CT molecular complexity index is 779. The van der Waals surface area contributed by atoms with E-state index in [0.717, 1.165) is 17.5 Å². The van der Waals surface area contributed by atoms with Gasteiger partial charge in [-0.15, -0.1) is 0 Å². The molecule has 3 rings (SSSR count). The van der Waals surface area contributed by atoms with Gasteiger partial charge in [0, 0.05) is 23.2 Å². The minimum Gasteiger partial charge on any atom is -0.254 e. The van der Waals surface area contributed by atoms with Crippen molar-refractivity contribution in [1.29, 1.82) is 0 Å². The highest BCUT2D eigenvalue weighted by molar-refractivity contribution is 6.03. The lowest BCUT2D eigenvalue weighted by Gasteiger charge is -2.08. The average molecular weight is 320 g/mol. The molecule has 0 spiro atoms. The molecule has 0 aliphatic rings. The monoisotopic (exact) mass is 320 g/mol. The maximum atomic E-state index is 4.59. The van der Waals surface area contributed by atoms with E-state index in [-0.39, 0.29) is 0 Å². The third-order valence-corrected chi connectivity index (χ3v) is 4.87. The fourth-order valence-electron chi connectivity index (χ4n) is 3.48. The van der Waals surface area contributed by atoms with Crippen molar-refractivity contribution >= 4 is 21.8 Å². The molecule has 126 valence electrons. The largest absolute Gasteiger partial charge is 0.254 e. The number of nitrogens with zero attached hydrogens (tertiary/aromatic N) is 2. The van der Waals surface area contributed by atoms with E-state index in [2.05, 4.69) is 41.2 Å². The van der Waals surface area contributed by atoms with E-state index >= 15 is 0 Å². The highest BCUT2D eigenvalue weighted by Gasteiger charge is 2.06. The molecule has 2 aromatic heterocycles. The molecule has 3 aromatic rings. The molecule has 1 aromatic carbocycles. The lowest BCUT2D eigenvalue weighted by molar-refractivity contribution is 0.576. The van der Waals surface area contributed by atoms with Crippen molar-refractivity contribution in [3.63, 3.8) is 0 Å². The summed E-state index contributed by atoms with van der Waals surface area (Å²) < 4.78 is 0. The van der Waals surface area contributed by atoms with Crippen LogP contribution in [0, 0.1) is 0 Å². The molecule has 0 N–H and O–H groups in total. The van der Waals surface area contributed by atoms with Gasteiger partial charge in [-0.05, 0) is 30.5 Å². The van der Waals surface area contributed by atoms with Gasteiger partial charge in [0.2, 0.25) is 0 Å². The van der Waals surface area contributed by atoms with Gasteiger partial charge in [0.15, 0.2) is 0 Å². The summed E-state index contributed by atoms with van der Waals surface area (Å²) in [5, 5.41) is 2.44. The second-order valence-corrected chi connectivity index (χ2v) is 6.73. The van der Waals surface area contributed by atoms with Gasteiger partial charge in [0.1, 0.15) is 0 Å². The Balaban J connectivity index is 1.60. The Morgan fingerprint density at radius 3 is 2.29 bits per heavy atom. The van der Waals surface area contributed by atoms with Crippen molar-refractivity contribution in [2.45, 2.75) is 64.7 Å². The van der Waals surface area contributed by atoms with E-state index in [1.54, 1.807) is 0 Å². The molecular weight excluding hydrogens is 292 g/mol. The van der Waals surface area contributed by atoms with Gasteiger partial charge in [-0.25, -0.2) is 0 Å². The Labute approximate surface area is 145 Å². The second kappa shape index (κ2) is 8.77. The van der Waals surface area contributed by atoms with Gasteiger partial charge in [0.05, 0.1) is 11.0 Å². The third-order valence-electron chi connectivity index (χ3n) is 4.87. The van der Waals surface area contributed by atoms with Crippen molar-refractivity contribution in [2.24, 2.45) is 0 Å². The lowest BCUT2D eigenvalue weighted by atomic mass is 10.0. The molecule has 0 atom stereocenters. The van der Waals surface area contributed by atoms with Crippen molar-refractivity contribution < 1.29 is 0 Å². The number of pyridine rings is 2. The number of aryl methyl sites for hydroxylation is 1. The van der Waals surface area contributed by atoms with E-state index in [4.69, 9.17) is 0 Å². The number of fused-ring (bicyclic) bond motifs is 3. The summed E-state index contributed by atoms with van der Waals surface area (Å²) >= 11 is 0. The molecule has 0 radical (unpaired) electrons. The number of unbranched alkanes of at least 4 members (excludes halogenated alkanes) is 7. The minimum atomic E-state index is 1.02. The summed E-state index contributed by atoms with van der Waals surface area (Å²) in [6.45, 7) is 2.28. The standard InChI is InChI=1S/C22H28N2/c1-2-3-4-5-6-7-8-9-11-18-15-17-24-22-20(18)14-13-19-12-10-16-23-21(19)22/h10,12-17H,2-9,11H2,1H3. The van der Waals surface area contributed by atoms with Crippen LogP contribution < -0.4 is 0 Å². The molecule has 2 nitrogen and oxygen atoms in total. The van der Waals surface area contributed by atoms with Crippen molar-refractivity contribution in [1.82, 2.24) is 9.97 Å². The molecule has 0 amide bonds. The Morgan fingerprint density at radius 1 is 0.708 bits per heavy atom. The number of rotatable bonds is 9. The molecule has 0 bridgehead atoms. The first-order valence-corrected chi connectivity index (χ1v) is 9.51. The Kier molecular flexibility index (Phi) is 6.17. The van der Waals surface area contributed by atoms with Crippen molar-refractivity contribution in [3.05, 3.63) is 48.3 Å². The summed E-state index contributed by atoms with van der Waals surface area (Å²) in [4.78, 5) is 9.13. The van der Waals surface area contributed by atoms with Crippen LogP contribution in [0.2, 0.25) is 0 Å². The minimum absolute atomic E-state index is 1.02. The number of aromatic nitrogens is 2. The number of hydrogen-bond acceptors (Lipinski definition) is 2. The van der Waals surface area contributed by atoms with Crippen LogP contribution in [0.4, 0.5) is 0 Å². The van der Waals surface area contributed by atoms with Gasteiger partial charge in [0.25, 0.3) is 0 Å². The maximum Gasteiger partial charge on any atom is 0.0967 e. The number of benzene rings is 1. The first-order chi connectivity index (χ1) is 11.9. The average Bonchev–Trinajstić information content (AvgIpc) is 2.64. The second-order valence-electron chi connectivity index (χ2n) is 6.73. The molecular formula is C22H28N2. The van der Waals surface area contributed by atoms with Crippen molar-refractivity contribution in [3.8, 4) is 0 Å². The zero-order valence-corrected chi connectivity index (χ0v) is 14.8. The molecule has 0 fully saturated rings. The van der Waals surface area contributed by atoms with Crippen LogP contribution in [-0.4, -0.2) is 9.97 Å². The smallest absolute Gasteiger partial charge is 0.0967 e. The highest BCUT2D eigenvalue weighted by Crippen LogP contribution is 2.25. The van der Waals surface area contributed by atoms with Gasteiger partial charge in [-0.3, -0.25) is 9.97 Å². The summed E-state index contributed by atoms with van der Waals surface area (Å²) in [6, 6.07) is 10.7. The molecule has 2 heteroatoms. The quantitative estimate of drug-likeness (QED) is 0.334. The molecule has 0 aliphatic carbocycles. The highest BCUT2D eigenvalue weighted by atomic mass is 14.7. The van der Waals surface area contributed by atoms with Crippen molar-refractivity contribution in [2.75, 3.05) is 0 Å². The van der Waals surface area contributed by atoms with Crippen LogP contribution in [0.3, 0.4) is 0 Å². The molecule has 24 heavy (non-hydrogen) atoms. The van der Waals surface area contributed by atoms with E-state index in [9.17, 15) is 0 Å². The summed E-state index contributed by atoms with van der Waals surface area (Å²) in [6.07, 6.45) is 15.9.